The van der Waals surface area contributed by atoms with Gasteiger partial charge in [0.1, 0.15) is 11.4 Å². The Morgan fingerprint density at radius 1 is 0.889 bits per heavy atom. The first-order valence-electron chi connectivity index (χ1n) is 17.2. The molecule has 3 aliphatic carbocycles. The maximum Gasteiger partial charge on any atom is 0.433 e. The van der Waals surface area contributed by atoms with Gasteiger partial charge in [0.05, 0.1) is 22.3 Å². The second kappa shape index (κ2) is 13.0. The van der Waals surface area contributed by atoms with Crippen molar-refractivity contribution < 1.29 is 37.5 Å². The third kappa shape index (κ3) is 5.31. The van der Waals surface area contributed by atoms with E-state index in [1.54, 1.807) is 72.8 Å². The lowest BCUT2D eigenvalue weighted by molar-refractivity contribution is -0.141. The molecular weight excluding hydrogens is 742 g/mol. The molecule has 6 atom stereocenters. The van der Waals surface area contributed by atoms with E-state index in [1.807, 2.05) is 0 Å². The molecule has 0 spiro atoms. The number of carbonyl (C=O) groups is 4. The van der Waals surface area contributed by atoms with Gasteiger partial charge in [-0.25, -0.2) is 4.98 Å². The van der Waals surface area contributed by atoms with Crippen LogP contribution in [-0.4, -0.2) is 45.5 Å². The lowest BCUT2D eigenvalue weighted by Crippen LogP contribution is -2.59. The Bertz CT molecular complexity index is 2320. The number of fused-ring (bicyclic) bond motifs is 4. The van der Waals surface area contributed by atoms with Crippen molar-refractivity contribution >= 4 is 58.0 Å². The molecule has 4 aliphatic rings. The molecule has 6 unspecified atom stereocenters. The zero-order chi connectivity index (χ0) is 38.3. The van der Waals surface area contributed by atoms with Crippen LogP contribution in [0.3, 0.4) is 0 Å². The number of phenols is 1. The summed E-state index contributed by atoms with van der Waals surface area (Å²) in [7, 11) is 1.24. The van der Waals surface area contributed by atoms with Gasteiger partial charge in [0.2, 0.25) is 0 Å². The van der Waals surface area contributed by atoms with E-state index in [2.05, 4.69) is 4.98 Å². The van der Waals surface area contributed by atoms with E-state index >= 15 is 9.59 Å². The Morgan fingerprint density at radius 2 is 1.57 bits per heavy atom. The number of hydrogen-bond acceptors (Lipinski definition) is 7. The largest absolute Gasteiger partial charge is 0.508 e. The second-order valence-corrected chi connectivity index (χ2v) is 14.8. The number of pyridine rings is 1. The maximum absolute atomic E-state index is 15.1. The van der Waals surface area contributed by atoms with Crippen LogP contribution < -0.4 is 5.01 Å². The number of imide groups is 1. The van der Waals surface area contributed by atoms with Gasteiger partial charge < -0.3 is 5.11 Å². The molecule has 0 bridgehead atoms. The highest BCUT2D eigenvalue weighted by Crippen LogP contribution is 2.64. The normalized spacial score (nSPS) is 26.5. The number of benzene rings is 3. The summed E-state index contributed by atoms with van der Waals surface area (Å²) >= 11 is 12.8. The summed E-state index contributed by atoms with van der Waals surface area (Å²) in [4.78, 5) is 62.6. The number of allylic oxidation sites excluding steroid dienone is 4. The summed E-state index contributed by atoms with van der Waals surface area (Å²) in [5, 5.41) is 13.3. The van der Waals surface area contributed by atoms with E-state index < -0.39 is 64.5 Å². The van der Waals surface area contributed by atoms with Gasteiger partial charge in [-0.05, 0) is 66.3 Å². The van der Waals surface area contributed by atoms with Gasteiger partial charge in [-0.15, -0.1) is 0 Å². The fourth-order valence-electron chi connectivity index (χ4n) is 9.17. The molecule has 2 fully saturated rings. The molecule has 8 nitrogen and oxygen atoms in total. The molecule has 13 heteroatoms. The van der Waals surface area contributed by atoms with Crippen LogP contribution in [0.2, 0.25) is 10.0 Å². The van der Waals surface area contributed by atoms with Crippen LogP contribution in [-0.2, 0) is 30.8 Å². The number of aromatic nitrogens is 1. The fourth-order valence-corrected chi connectivity index (χ4v) is 9.57. The number of Topliss-reactive ketones (excluding diaryl/α,β-unsaturated/α-hetero) is 1. The van der Waals surface area contributed by atoms with Crippen molar-refractivity contribution in [3.05, 3.63) is 141 Å². The van der Waals surface area contributed by atoms with Crippen molar-refractivity contribution in [3.63, 3.8) is 0 Å². The summed E-state index contributed by atoms with van der Waals surface area (Å²) in [5.74, 6) is -7.64. The second-order valence-electron chi connectivity index (χ2n) is 14.0. The third-order valence-corrected chi connectivity index (χ3v) is 11.9. The van der Waals surface area contributed by atoms with Gasteiger partial charge in [0, 0.05) is 35.0 Å². The van der Waals surface area contributed by atoms with Crippen molar-refractivity contribution in [1.29, 1.82) is 0 Å². The number of halogens is 5. The Morgan fingerprint density at radius 3 is 2.26 bits per heavy atom. The van der Waals surface area contributed by atoms with Crippen molar-refractivity contribution in [3.8, 4) is 5.75 Å². The van der Waals surface area contributed by atoms with Gasteiger partial charge in [0.15, 0.2) is 17.4 Å². The van der Waals surface area contributed by atoms with Gasteiger partial charge in [-0.3, -0.25) is 24.2 Å². The summed E-state index contributed by atoms with van der Waals surface area (Å²) in [6, 6.07) is 23.8. The number of anilines is 1. The first-order valence-corrected chi connectivity index (χ1v) is 18.0. The predicted octanol–water partition coefficient (Wildman–Crippen LogP) is 7.99. The number of alkyl halides is 3. The van der Waals surface area contributed by atoms with Crippen molar-refractivity contribution in [2.75, 3.05) is 12.1 Å². The highest BCUT2D eigenvalue weighted by atomic mass is 35.5. The quantitative estimate of drug-likeness (QED) is 0.162. The van der Waals surface area contributed by atoms with E-state index in [4.69, 9.17) is 23.2 Å². The highest BCUT2D eigenvalue weighted by molar-refractivity contribution is 6.33. The highest BCUT2D eigenvalue weighted by Gasteiger charge is 2.66. The first kappa shape index (κ1) is 35.8. The predicted molar refractivity (Wildman–Crippen MR) is 194 cm³/mol. The van der Waals surface area contributed by atoms with Crippen LogP contribution in [0.25, 0.3) is 5.57 Å². The van der Waals surface area contributed by atoms with Crippen LogP contribution in [0.1, 0.15) is 41.1 Å². The smallest absolute Gasteiger partial charge is 0.433 e. The minimum atomic E-state index is -4.82. The summed E-state index contributed by atoms with van der Waals surface area (Å²) in [6.07, 6.45) is -1.63. The molecule has 1 N–H and O–H groups in total. The number of hydrazine groups is 1. The van der Waals surface area contributed by atoms with Crippen LogP contribution in [0, 0.1) is 23.7 Å². The Kier molecular flexibility index (Phi) is 8.57. The number of phenolic OH excluding ortho intramolecular Hbond substituents is 1. The number of nitrogens with zero attached hydrogens (tertiary/aromatic N) is 3. The molecule has 1 saturated carbocycles. The maximum atomic E-state index is 15.1. The summed E-state index contributed by atoms with van der Waals surface area (Å²) in [5.41, 5.74) is -0.735. The Hall–Kier alpha value is -5.26. The lowest BCUT2D eigenvalue weighted by Gasteiger charge is -2.55. The summed E-state index contributed by atoms with van der Waals surface area (Å²) in [6.45, 7) is 0. The Balaban J connectivity index is 1.31. The fraction of sp³-hybridized carbons (Fsp3) is 0.244. The summed E-state index contributed by atoms with van der Waals surface area (Å²) < 4.78 is 41.0. The van der Waals surface area contributed by atoms with Crippen LogP contribution in [0.15, 0.2) is 109 Å². The molecule has 2 heterocycles. The minimum Gasteiger partial charge on any atom is -0.508 e. The number of ketones is 2. The van der Waals surface area contributed by atoms with E-state index in [-0.39, 0.29) is 51.3 Å². The molecule has 2 amide bonds. The molecule has 4 aromatic rings. The van der Waals surface area contributed by atoms with Crippen molar-refractivity contribution in [1.82, 2.24) is 9.99 Å². The molecule has 1 saturated heterocycles. The average Bonchev–Trinajstić information content (AvgIpc) is 3.42. The van der Waals surface area contributed by atoms with Gasteiger partial charge >= 0.3 is 6.18 Å². The average molecular weight is 773 g/mol. The first-order chi connectivity index (χ1) is 25.7. The van der Waals surface area contributed by atoms with Crippen molar-refractivity contribution in [2.45, 2.75) is 30.4 Å². The number of carbonyl (C=O) groups excluding carboxylic acids is 4. The molecule has 3 aromatic carbocycles. The van der Waals surface area contributed by atoms with Gasteiger partial charge in [-0.2, -0.15) is 18.2 Å². The van der Waals surface area contributed by atoms with Crippen LogP contribution in [0.5, 0.6) is 5.75 Å². The van der Waals surface area contributed by atoms with Gasteiger partial charge in [0.25, 0.3) is 11.8 Å². The zero-order valence-corrected chi connectivity index (χ0v) is 29.9. The topological polar surface area (TPSA) is 108 Å². The molecule has 274 valence electrons. The lowest BCUT2D eigenvalue weighted by atomic mass is 9.44. The van der Waals surface area contributed by atoms with Crippen LogP contribution in [0.4, 0.5) is 19.0 Å². The van der Waals surface area contributed by atoms with E-state index in [0.29, 0.717) is 22.8 Å². The number of hydrogen-bond donors (Lipinski definition) is 1. The number of amides is 2. The van der Waals surface area contributed by atoms with E-state index in [9.17, 15) is 27.9 Å². The molecule has 8 rings (SSSR count). The van der Waals surface area contributed by atoms with Crippen molar-refractivity contribution in [2.24, 2.45) is 23.7 Å². The molecular formula is C41H30Cl2F3N3O5. The third-order valence-electron chi connectivity index (χ3n) is 11.4. The standard InChI is InChI=1S/C41H30Cl2F3N3O5/c1-48(37-30(43)15-17-32(47-37)41(44,45)46)49-38(53)25-14-13-24-27(34(25)39(49)54)19-29-36(52)26(21-8-4-2-5-9-21)20-33(51)40(29,22-10-6-3-7-11-22)35(24)28-18-23(42)12-16-31(28)50/h2-13,15-18,20,25,27,29,34-35,50H,14,19H2,1H3. The molecule has 0 radical (unpaired) electrons. The van der Waals surface area contributed by atoms with Crippen LogP contribution >= 0.6 is 23.2 Å². The van der Waals surface area contributed by atoms with Gasteiger partial charge in [-0.1, -0.05) is 95.5 Å². The molecule has 54 heavy (non-hydrogen) atoms. The zero-order valence-electron chi connectivity index (χ0n) is 28.4. The van der Waals surface area contributed by atoms with E-state index in [1.165, 1.54) is 25.3 Å². The SMILES string of the molecule is CN(c1nc(C(F)(F)F)ccc1Cl)N1C(=O)C2CC=C3C(CC4C(=O)C(c5ccccc5)=CC(=O)C4(c4ccccc4)C3c3cc(Cl)ccc3O)C2C1=O. The minimum absolute atomic E-state index is 0.0202. The number of rotatable bonds is 5. The monoisotopic (exact) mass is 771 g/mol. The Labute approximate surface area is 317 Å². The molecule has 1 aliphatic heterocycles. The number of aromatic hydroxyl groups is 1. The molecule has 1 aromatic heterocycles. The van der Waals surface area contributed by atoms with E-state index in [0.717, 1.165) is 16.1 Å².